The molecule has 0 radical (unpaired) electrons. The van der Waals surface area contributed by atoms with E-state index in [1.54, 1.807) is 6.92 Å². The predicted octanol–water partition coefficient (Wildman–Crippen LogP) is 1.35. The molecule has 0 heterocycles. The summed E-state index contributed by atoms with van der Waals surface area (Å²) in [5, 5.41) is 0. The Labute approximate surface area is 73.1 Å². The molecule has 1 atom stereocenters. The average molecular weight is 172 g/mol. The third-order valence-corrected chi connectivity index (χ3v) is 1.73. The fourth-order valence-electron chi connectivity index (χ4n) is 1.02. The van der Waals surface area contributed by atoms with Crippen molar-refractivity contribution in [3.63, 3.8) is 0 Å². The molecule has 0 rings (SSSR count). The maximum Gasteiger partial charge on any atom is 0.158 e. The number of carbonyl (C=O) groups is 2. The van der Waals surface area contributed by atoms with Crippen LogP contribution in [-0.2, 0) is 14.3 Å². The summed E-state index contributed by atoms with van der Waals surface area (Å²) in [5.41, 5.74) is 0. The summed E-state index contributed by atoms with van der Waals surface area (Å²) in [6.45, 7) is 3.05. The van der Waals surface area contributed by atoms with Gasteiger partial charge in [0.15, 0.2) is 5.78 Å². The van der Waals surface area contributed by atoms with Crippen molar-refractivity contribution in [2.45, 2.75) is 39.2 Å². The van der Waals surface area contributed by atoms with E-state index in [0.717, 1.165) is 6.42 Å². The van der Waals surface area contributed by atoms with Crippen LogP contribution < -0.4 is 0 Å². The molecule has 0 spiro atoms. The summed E-state index contributed by atoms with van der Waals surface area (Å²) in [4.78, 5) is 21.4. The molecule has 3 heteroatoms. The van der Waals surface area contributed by atoms with Crippen LogP contribution in [0.15, 0.2) is 0 Å². The second-order valence-electron chi connectivity index (χ2n) is 2.93. The summed E-state index contributed by atoms with van der Waals surface area (Å²) < 4.78 is 4.93. The second-order valence-corrected chi connectivity index (χ2v) is 2.93. The maximum absolute atomic E-state index is 10.8. The summed E-state index contributed by atoms with van der Waals surface area (Å²) >= 11 is 0. The summed E-state index contributed by atoms with van der Waals surface area (Å²) in [7, 11) is 1.51. The molecule has 70 valence electrons. The molecule has 0 aromatic rings. The van der Waals surface area contributed by atoms with Gasteiger partial charge in [-0.25, -0.2) is 0 Å². The molecule has 0 N–H and O–H groups in total. The molecule has 0 saturated carbocycles. The number of hydrogen-bond donors (Lipinski definition) is 0. The van der Waals surface area contributed by atoms with Gasteiger partial charge in [0.2, 0.25) is 0 Å². The largest absolute Gasteiger partial charge is 0.374 e. The second kappa shape index (κ2) is 5.89. The molecule has 0 aliphatic carbocycles. The highest BCUT2D eigenvalue weighted by atomic mass is 16.5. The minimum Gasteiger partial charge on any atom is -0.374 e. The van der Waals surface area contributed by atoms with Gasteiger partial charge in [0.1, 0.15) is 11.9 Å². The van der Waals surface area contributed by atoms with Gasteiger partial charge in [-0.05, 0) is 26.7 Å². The molecule has 3 nitrogen and oxygen atoms in total. The average Bonchev–Trinajstić information content (AvgIpc) is 1.96. The summed E-state index contributed by atoms with van der Waals surface area (Å²) in [5.74, 6) is 0.189. The predicted molar refractivity (Wildman–Crippen MR) is 46.0 cm³/mol. The van der Waals surface area contributed by atoms with Gasteiger partial charge in [-0.3, -0.25) is 4.79 Å². The monoisotopic (exact) mass is 172 g/mol. The van der Waals surface area contributed by atoms with Gasteiger partial charge in [-0.15, -0.1) is 0 Å². The van der Waals surface area contributed by atoms with E-state index in [-0.39, 0.29) is 17.7 Å². The van der Waals surface area contributed by atoms with E-state index in [4.69, 9.17) is 4.74 Å². The summed E-state index contributed by atoms with van der Waals surface area (Å²) in [6.07, 6.45) is 1.58. The maximum atomic E-state index is 10.8. The molecule has 0 aliphatic heterocycles. The van der Waals surface area contributed by atoms with Crippen molar-refractivity contribution < 1.29 is 14.3 Å². The number of hydrogen-bond acceptors (Lipinski definition) is 3. The lowest BCUT2D eigenvalue weighted by Gasteiger charge is -2.10. The number of Topliss-reactive ketones (excluding diaryl/α,β-unsaturated/α-hetero) is 2. The lowest BCUT2D eigenvalue weighted by atomic mass is 10.1. The Morgan fingerprint density at radius 2 is 1.92 bits per heavy atom. The lowest BCUT2D eigenvalue weighted by Crippen LogP contribution is -2.19. The van der Waals surface area contributed by atoms with Gasteiger partial charge >= 0.3 is 0 Å². The molecule has 0 bridgehead atoms. The molecule has 0 amide bonds. The van der Waals surface area contributed by atoms with E-state index in [9.17, 15) is 9.59 Å². The van der Waals surface area contributed by atoms with Crippen molar-refractivity contribution in [2.75, 3.05) is 7.11 Å². The van der Waals surface area contributed by atoms with Crippen LogP contribution in [0.1, 0.15) is 33.1 Å². The van der Waals surface area contributed by atoms with Gasteiger partial charge in [0.05, 0.1) is 0 Å². The first-order valence-electron chi connectivity index (χ1n) is 4.10. The normalized spacial score (nSPS) is 12.6. The minimum absolute atomic E-state index is 0.0288. The Balaban J connectivity index is 3.59. The number of ether oxygens (including phenoxy) is 1. The Kier molecular flexibility index (Phi) is 5.54. The van der Waals surface area contributed by atoms with E-state index in [1.807, 2.05) is 0 Å². The molecule has 0 aromatic carbocycles. The van der Waals surface area contributed by atoms with Crippen molar-refractivity contribution in [3.8, 4) is 0 Å². The van der Waals surface area contributed by atoms with E-state index in [2.05, 4.69) is 0 Å². The van der Waals surface area contributed by atoms with Crippen LogP contribution in [0, 0.1) is 0 Å². The van der Waals surface area contributed by atoms with Crippen molar-refractivity contribution >= 4 is 11.6 Å². The van der Waals surface area contributed by atoms with Crippen LogP contribution in [0.5, 0.6) is 0 Å². The fourth-order valence-corrected chi connectivity index (χ4v) is 1.02. The van der Waals surface area contributed by atoms with Gasteiger partial charge in [0.25, 0.3) is 0 Å². The highest BCUT2D eigenvalue weighted by Crippen LogP contribution is 2.05. The first-order chi connectivity index (χ1) is 5.57. The lowest BCUT2D eigenvalue weighted by molar-refractivity contribution is -0.127. The highest BCUT2D eigenvalue weighted by molar-refractivity contribution is 5.80. The van der Waals surface area contributed by atoms with Crippen molar-refractivity contribution in [1.29, 1.82) is 0 Å². The number of carbonyl (C=O) groups excluding carboxylic acids is 2. The number of rotatable bonds is 6. The van der Waals surface area contributed by atoms with Crippen LogP contribution in [0.4, 0.5) is 0 Å². The Hall–Kier alpha value is -0.700. The third-order valence-electron chi connectivity index (χ3n) is 1.73. The van der Waals surface area contributed by atoms with E-state index in [0.29, 0.717) is 12.8 Å². The SMILES string of the molecule is COC(CCCC(C)=O)C(C)=O. The molecule has 0 aliphatic rings. The molecular formula is C9H16O3. The van der Waals surface area contributed by atoms with E-state index < -0.39 is 0 Å². The van der Waals surface area contributed by atoms with Gasteiger partial charge in [0, 0.05) is 13.5 Å². The minimum atomic E-state index is -0.329. The zero-order chi connectivity index (χ0) is 9.56. The van der Waals surface area contributed by atoms with Crippen LogP contribution in [0.3, 0.4) is 0 Å². The first-order valence-corrected chi connectivity index (χ1v) is 4.10. The van der Waals surface area contributed by atoms with Crippen LogP contribution in [-0.4, -0.2) is 24.8 Å². The molecule has 0 saturated heterocycles. The smallest absolute Gasteiger partial charge is 0.158 e. The Morgan fingerprint density at radius 3 is 2.25 bits per heavy atom. The first kappa shape index (κ1) is 11.3. The van der Waals surface area contributed by atoms with Crippen molar-refractivity contribution in [1.82, 2.24) is 0 Å². The Morgan fingerprint density at radius 1 is 1.33 bits per heavy atom. The van der Waals surface area contributed by atoms with Gasteiger partial charge in [-0.1, -0.05) is 0 Å². The highest BCUT2D eigenvalue weighted by Gasteiger charge is 2.11. The number of methoxy groups -OCH3 is 1. The van der Waals surface area contributed by atoms with Crippen LogP contribution in [0.2, 0.25) is 0 Å². The topological polar surface area (TPSA) is 43.4 Å². The summed E-state index contributed by atoms with van der Waals surface area (Å²) in [6, 6.07) is 0. The molecular weight excluding hydrogens is 156 g/mol. The zero-order valence-corrected chi connectivity index (χ0v) is 7.92. The van der Waals surface area contributed by atoms with Crippen LogP contribution >= 0.6 is 0 Å². The molecule has 1 unspecified atom stereocenters. The van der Waals surface area contributed by atoms with Gasteiger partial charge < -0.3 is 9.53 Å². The van der Waals surface area contributed by atoms with E-state index >= 15 is 0 Å². The van der Waals surface area contributed by atoms with Crippen LogP contribution in [0.25, 0.3) is 0 Å². The van der Waals surface area contributed by atoms with Gasteiger partial charge in [-0.2, -0.15) is 0 Å². The number of ketones is 2. The van der Waals surface area contributed by atoms with Crippen molar-refractivity contribution in [3.05, 3.63) is 0 Å². The third kappa shape index (κ3) is 5.02. The Bertz CT molecular complexity index is 163. The van der Waals surface area contributed by atoms with Crippen molar-refractivity contribution in [2.24, 2.45) is 0 Å². The molecule has 0 fully saturated rings. The fraction of sp³-hybridized carbons (Fsp3) is 0.778. The quantitative estimate of drug-likeness (QED) is 0.607. The standard InChI is InChI=1S/C9H16O3/c1-7(10)5-4-6-9(12-3)8(2)11/h9H,4-6H2,1-3H3. The molecule has 0 aromatic heterocycles. The zero-order valence-electron chi connectivity index (χ0n) is 7.92. The molecule has 12 heavy (non-hydrogen) atoms. The van der Waals surface area contributed by atoms with E-state index in [1.165, 1.54) is 14.0 Å².